The maximum atomic E-state index is 5.99. The number of aryl methyl sites for hydroxylation is 1. The van der Waals surface area contributed by atoms with Crippen LogP contribution in [0.2, 0.25) is 0 Å². The Morgan fingerprint density at radius 2 is 1.70 bits per heavy atom. The monoisotopic (exact) mass is 327 g/mol. The molecule has 0 aliphatic carbocycles. The summed E-state index contributed by atoms with van der Waals surface area (Å²) < 4.78 is 6.87. The number of rotatable bonds is 2. The smallest absolute Gasteiger partial charge is 0.150 e. The summed E-state index contributed by atoms with van der Waals surface area (Å²) in [6.07, 6.45) is 0. The summed E-state index contributed by atoms with van der Waals surface area (Å²) in [4.78, 5) is 0. The lowest BCUT2D eigenvalue weighted by Gasteiger charge is -2.12. The average molecular weight is 328 g/mol. The minimum absolute atomic E-state index is 0.644. The average Bonchev–Trinajstić information content (AvgIpc) is 2.45. The number of fused-ring (bicyclic) bond motifs is 1. The van der Waals surface area contributed by atoms with Gasteiger partial charge in [-0.2, -0.15) is 0 Å². The molecule has 3 aromatic rings. The highest BCUT2D eigenvalue weighted by molar-refractivity contribution is 9.10. The van der Waals surface area contributed by atoms with Crippen LogP contribution in [0.3, 0.4) is 0 Å². The van der Waals surface area contributed by atoms with Gasteiger partial charge in [-0.15, -0.1) is 0 Å². The summed E-state index contributed by atoms with van der Waals surface area (Å²) in [6, 6.07) is 17.9. The number of benzene rings is 3. The molecule has 0 unspecified atom stereocenters. The summed E-state index contributed by atoms with van der Waals surface area (Å²) in [5.74, 6) is 1.44. The number of ether oxygens (including phenoxy) is 1. The lowest BCUT2D eigenvalue weighted by atomic mass is 10.1. The van der Waals surface area contributed by atoms with E-state index in [0.29, 0.717) is 11.4 Å². The zero-order valence-electron chi connectivity index (χ0n) is 11.1. The van der Waals surface area contributed by atoms with Crippen LogP contribution < -0.4 is 10.5 Å². The fourth-order valence-corrected chi connectivity index (χ4v) is 2.75. The molecule has 0 heterocycles. The molecular formula is C17H14BrNO. The van der Waals surface area contributed by atoms with E-state index in [1.807, 2.05) is 49.4 Å². The second kappa shape index (κ2) is 5.17. The first-order valence-corrected chi connectivity index (χ1v) is 7.15. The molecule has 20 heavy (non-hydrogen) atoms. The topological polar surface area (TPSA) is 35.2 Å². The van der Waals surface area contributed by atoms with E-state index in [1.54, 1.807) is 0 Å². The van der Waals surface area contributed by atoms with Gasteiger partial charge in [-0.25, -0.2) is 0 Å². The molecule has 100 valence electrons. The number of hydrogen-bond donors (Lipinski definition) is 1. The van der Waals surface area contributed by atoms with Crippen LogP contribution >= 0.6 is 15.9 Å². The van der Waals surface area contributed by atoms with Gasteiger partial charge in [0.2, 0.25) is 0 Å². The van der Waals surface area contributed by atoms with Crippen LogP contribution in [0.4, 0.5) is 5.69 Å². The fraction of sp³-hybridized carbons (Fsp3) is 0.0588. The van der Waals surface area contributed by atoms with E-state index in [4.69, 9.17) is 10.5 Å². The zero-order valence-corrected chi connectivity index (χ0v) is 12.6. The molecule has 3 rings (SSSR count). The molecular weight excluding hydrogens is 314 g/mol. The largest absolute Gasteiger partial charge is 0.454 e. The second-order valence-electron chi connectivity index (χ2n) is 4.74. The number of nitrogens with two attached hydrogens (primary N) is 1. The van der Waals surface area contributed by atoms with Crippen molar-refractivity contribution in [1.29, 1.82) is 0 Å². The molecule has 0 amide bonds. The van der Waals surface area contributed by atoms with Crippen LogP contribution in [-0.2, 0) is 0 Å². The summed E-state index contributed by atoms with van der Waals surface area (Å²) in [5, 5.41) is 2.29. The number of nitrogen functional groups attached to an aromatic ring is 1. The van der Waals surface area contributed by atoms with Crippen molar-refractivity contribution < 1.29 is 4.74 Å². The highest BCUT2D eigenvalue weighted by Crippen LogP contribution is 2.37. The van der Waals surface area contributed by atoms with E-state index in [9.17, 15) is 0 Å². The van der Waals surface area contributed by atoms with Crippen LogP contribution in [0.25, 0.3) is 10.8 Å². The van der Waals surface area contributed by atoms with Crippen molar-refractivity contribution in [2.45, 2.75) is 6.92 Å². The van der Waals surface area contributed by atoms with Gasteiger partial charge in [0, 0.05) is 0 Å². The van der Waals surface area contributed by atoms with Crippen molar-refractivity contribution in [2.24, 2.45) is 0 Å². The Kier molecular flexibility index (Phi) is 3.36. The lowest BCUT2D eigenvalue weighted by Crippen LogP contribution is -1.93. The van der Waals surface area contributed by atoms with Gasteiger partial charge in [-0.3, -0.25) is 0 Å². The first-order chi connectivity index (χ1) is 9.65. The molecule has 0 spiro atoms. The molecule has 0 atom stereocenters. The van der Waals surface area contributed by atoms with Gasteiger partial charge >= 0.3 is 0 Å². The SMILES string of the molecule is Cc1ccc(Oc2ccc3ccccc3c2Br)c(N)c1. The fourth-order valence-electron chi connectivity index (χ4n) is 2.17. The molecule has 3 heteroatoms. The predicted molar refractivity (Wildman–Crippen MR) is 87.3 cm³/mol. The van der Waals surface area contributed by atoms with Gasteiger partial charge in [0.05, 0.1) is 10.2 Å². The van der Waals surface area contributed by atoms with Crippen LogP contribution in [0.15, 0.2) is 59.1 Å². The first-order valence-electron chi connectivity index (χ1n) is 6.36. The van der Waals surface area contributed by atoms with Crippen molar-refractivity contribution in [3.05, 3.63) is 64.6 Å². The van der Waals surface area contributed by atoms with Gasteiger partial charge < -0.3 is 10.5 Å². The molecule has 0 radical (unpaired) electrons. The molecule has 0 aliphatic rings. The Hall–Kier alpha value is -2.00. The molecule has 3 aromatic carbocycles. The van der Waals surface area contributed by atoms with Crippen LogP contribution in [-0.4, -0.2) is 0 Å². The molecule has 0 bridgehead atoms. The normalized spacial score (nSPS) is 10.7. The first kappa shape index (κ1) is 13.0. The van der Waals surface area contributed by atoms with Gasteiger partial charge in [-0.05, 0) is 57.4 Å². The van der Waals surface area contributed by atoms with Gasteiger partial charge in [0.1, 0.15) is 11.5 Å². The van der Waals surface area contributed by atoms with Gasteiger partial charge in [0.15, 0.2) is 0 Å². The standard InChI is InChI=1S/C17H14BrNO/c1-11-6-8-15(14(19)10-11)20-16-9-7-12-4-2-3-5-13(12)17(16)18/h2-10H,19H2,1H3. The quantitative estimate of drug-likeness (QED) is 0.649. The summed E-state index contributed by atoms with van der Waals surface area (Å²) >= 11 is 3.61. The summed E-state index contributed by atoms with van der Waals surface area (Å²) in [7, 11) is 0. The van der Waals surface area contributed by atoms with E-state index >= 15 is 0 Å². The Labute approximate surface area is 126 Å². The molecule has 2 N–H and O–H groups in total. The van der Waals surface area contributed by atoms with Crippen molar-refractivity contribution in [3.63, 3.8) is 0 Å². The number of halogens is 1. The van der Waals surface area contributed by atoms with Crippen molar-refractivity contribution >= 4 is 32.4 Å². The van der Waals surface area contributed by atoms with Gasteiger partial charge in [-0.1, -0.05) is 36.4 Å². The lowest BCUT2D eigenvalue weighted by molar-refractivity contribution is 0.483. The molecule has 2 nitrogen and oxygen atoms in total. The van der Waals surface area contributed by atoms with E-state index in [0.717, 1.165) is 21.2 Å². The van der Waals surface area contributed by atoms with E-state index in [-0.39, 0.29) is 0 Å². The van der Waals surface area contributed by atoms with Crippen LogP contribution in [0.5, 0.6) is 11.5 Å². The highest BCUT2D eigenvalue weighted by atomic mass is 79.9. The van der Waals surface area contributed by atoms with Crippen molar-refractivity contribution in [3.8, 4) is 11.5 Å². The Morgan fingerprint density at radius 3 is 2.50 bits per heavy atom. The van der Waals surface area contributed by atoms with E-state index in [2.05, 4.69) is 28.1 Å². The molecule has 0 saturated heterocycles. The molecule has 0 aromatic heterocycles. The number of hydrogen-bond acceptors (Lipinski definition) is 2. The minimum atomic E-state index is 0.644. The second-order valence-corrected chi connectivity index (χ2v) is 5.54. The predicted octanol–water partition coefficient (Wildman–Crippen LogP) is 5.29. The third-order valence-electron chi connectivity index (χ3n) is 3.21. The maximum absolute atomic E-state index is 5.99. The van der Waals surface area contributed by atoms with E-state index in [1.165, 1.54) is 5.39 Å². The molecule has 0 fully saturated rings. The maximum Gasteiger partial charge on any atom is 0.150 e. The van der Waals surface area contributed by atoms with Crippen molar-refractivity contribution in [2.75, 3.05) is 5.73 Å². The van der Waals surface area contributed by atoms with Crippen LogP contribution in [0, 0.1) is 6.92 Å². The van der Waals surface area contributed by atoms with Crippen molar-refractivity contribution in [1.82, 2.24) is 0 Å². The Morgan fingerprint density at radius 1 is 0.950 bits per heavy atom. The van der Waals surface area contributed by atoms with Crippen LogP contribution in [0.1, 0.15) is 5.56 Å². The zero-order chi connectivity index (χ0) is 14.1. The molecule has 0 saturated carbocycles. The molecule has 0 aliphatic heterocycles. The number of anilines is 1. The summed E-state index contributed by atoms with van der Waals surface area (Å²) in [6.45, 7) is 2.01. The Bertz CT molecular complexity index is 783. The van der Waals surface area contributed by atoms with E-state index < -0.39 is 0 Å². The third-order valence-corrected chi connectivity index (χ3v) is 4.03. The van der Waals surface area contributed by atoms with Gasteiger partial charge in [0.25, 0.3) is 0 Å². The highest BCUT2D eigenvalue weighted by Gasteiger charge is 2.08. The minimum Gasteiger partial charge on any atom is -0.454 e. The third kappa shape index (κ3) is 2.37. The Balaban J connectivity index is 2.04. The summed E-state index contributed by atoms with van der Waals surface area (Å²) in [5.41, 5.74) is 7.75.